The monoisotopic (exact) mass is 363 g/mol. The van der Waals surface area contributed by atoms with Crippen LogP contribution in [0.15, 0.2) is 48.6 Å². The highest BCUT2D eigenvalue weighted by molar-refractivity contribution is 6.11. The van der Waals surface area contributed by atoms with Crippen LogP contribution >= 0.6 is 0 Å². The van der Waals surface area contributed by atoms with Crippen LogP contribution in [0.3, 0.4) is 0 Å². The second-order valence-corrected chi connectivity index (χ2v) is 7.60. The molecule has 0 spiro atoms. The molecule has 0 bridgehead atoms. The van der Waals surface area contributed by atoms with Crippen LogP contribution in [-0.4, -0.2) is 23.3 Å². The highest BCUT2D eigenvalue weighted by Crippen LogP contribution is 2.43. The molecule has 1 atom stereocenters. The number of aliphatic hydroxyl groups is 1. The molecule has 1 amide bonds. The Balaban J connectivity index is 2.02. The van der Waals surface area contributed by atoms with Crippen LogP contribution in [0.2, 0.25) is 0 Å². The number of hydrogen-bond acceptors (Lipinski definition) is 3. The number of rotatable bonds is 5. The van der Waals surface area contributed by atoms with Crippen LogP contribution < -0.4 is 4.90 Å². The molecule has 0 fully saturated rings. The Labute approximate surface area is 160 Å². The Hall–Kier alpha value is -2.72. The first-order valence-electron chi connectivity index (χ1n) is 9.04. The molecular formula is C23H25NO3. The molecule has 4 nitrogen and oxygen atoms in total. The van der Waals surface area contributed by atoms with E-state index in [1.54, 1.807) is 18.2 Å². The average Bonchev–Trinajstić information content (AvgIpc) is 2.76. The van der Waals surface area contributed by atoms with E-state index < -0.39 is 11.5 Å². The number of aryl methyl sites for hydroxylation is 3. The zero-order valence-electron chi connectivity index (χ0n) is 16.3. The molecule has 0 radical (unpaired) electrons. The molecule has 140 valence electrons. The number of amides is 1. The van der Waals surface area contributed by atoms with Crippen LogP contribution in [-0.2, 0) is 10.4 Å². The van der Waals surface area contributed by atoms with Crippen molar-refractivity contribution in [2.45, 2.75) is 39.7 Å². The van der Waals surface area contributed by atoms with Crippen molar-refractivity contribution in [3.8, 4) is 0 Å². The molecule has 0 unspecified atom stereocenters. The van der Waals surface area contributed by atoms with Crippen molar-refractivity contribution in [3.63, 3.8) is 0 Å². The second kappa shape index (κ2) is 6.78. The summed E-state index contributed by atoms with van der Waals surface area (Å²) < 4.78 is 0. The number of anilines is 1. The summed E-state index contributed by atoms with van der Waals surface area (Å²) in [5.74, 6) is -0.699. The van der Waals surface area contributed by atoms with E-state index in [9.17, 15) is 14.7 Å². The van der Waals surface area contributed by atoms with E-state index in [0.29, 0.717) is 23.4 Å². The Morgan fingerprint density at radius 2 is 1.74 bits per heavy atom. The van der Waals surface area contributed by atoms with Crippen molar-refractivity contribution in [2.75, 3.05) is 11.4 Å². The van der Waals surface area contributed by atoms with Gasteiger partial charge in [0, 0.05) is 17.7 Å². The van der Waals surface area contributed by atoms with Gasteiger partial charge in [0.25, 0.3) is 5.91 Å². The highest BCUT2D eigenvalue weighted by Gasteiger charge is 2.50. The number of carbonyl (C=O) groups excluding carboxylic acids is 2. The van der Waals surface area contributed by atoms with E-state index >= 15 is 0 Å². The number of fused-ring (bicyclic) bond motifs is 1. The number of Topliss-reactive ketones (excluding diaryl/α,β-unsaturated/α-hetero) is 1. The summed E-state index contributed by atoms with van der Waals surface area (Å²) in [7, 11) is 0. The number of hydrogen-bond donors (Lipinski definition) is 1. The summed E-state index contributed by atoms with van der Waals surface area (Å²) in [6.45, 7) is 11.8. The third kappa shape index (κ3) is 3.21. The third-order valence-corrected chi connectivity index (χ3v) is 5.04. The van der Waals surface area contributed by atoms with Crippen molar-refractivity contribution in [1.82, 2.24) is 0 Å². The van der Waals surface area contributed by atoms with Gasteiger partial charge < -0.3 is 10.0 Å². The van der Waals surface area contributed by atoms with Gasteiger partial charge in [0.1, 0.15) is 0 Å². The van der Waals surface area contributed by atoms with Crippen LogP contribution in [0.25, 0.3) is 0 Å². The number of nitrogens with zero attached hydrogens (tertiary/aromatic N) is 1. The minimum Gasteiger partial charge on any atom is -0.375 e. The zero-order valence-corrected chi connectivity index (χ0v) is 16.3. The van der Waals surface area contributed by atoms with Crippen LogP contribution in [0.5, 0.6) is 0 Å². The predicted octanol–water partition coefficient (Wildman–Crippen LogP) is 4.00. The van der Waals surface area contributed by atoms with Crippen LogP contribution in [0, 0.1) is 20.8 Å². The van der Waals surface area contributed by atoms with E-state index in [2.05, 4.69) is 6.58 Å². The van der Waals surface area contributed by atoms with Gasteiger partial charge in [-0.3, -0.25) is 9.59 Å². The smallest absolute Gasteiger partial charge is 0.264 e. The second-order valence-electron chi connectivity index (χ2n) is 7.60. The summed E-state index contributed by atoms with van der Waals surface area (Å²) in [6.07, 6.45) is -0.278. The van der Waals surface area contributed by atoms with Crippen molar-refractivity contribution >= 4 is 17.4 Å². The van der Waals surface area contributed by atoms with Crippen molar-refractivity contribution in [1.29, 1.82) is 0 Å². The number of para-hydroxylation sites is 1. The van der Waals surface area contributed by atoms with Crippen molar-refractivity contribution in [2.24, 2.45) is 0 Å². The fourth-order valence-corrected chi connectivity index (χ4v) is 4.04. The molecule has 2 aromatic rings. The Morgan fingerprint density at radius 3 is 2.33 bits per heavy atom. The van der Waals surface area contributed by atoms with E-state index in [4.69, 9.17) is 0 Å². The summed E-state index contributed by atoms with van der Waals surface area (Å²) in [6, 6.07) is 11.0. The van der Waals surface area contributed by atoms with Crippen LogP contribution in [0.4, 0.5) is 5.69 Å². The maximum atomic E-state index is 13.1. The van der Waals surface area contributed by atoms with E-state index in [1.165, 1.54) is 4.90 Å². The highest BCUT2D eigenvalue weighted by atomic mass is 16.3. The lowest BCUT2D eigenvalue weighted by Crippen LogP contribution is -2.42. The summed E-state index contributed by atoms with van der Waals surface area (Å²) in [5.41, 5.74) is 3.45. The summed E-state index contributed by atoms with van der Waals surface area (Å²) in [4.78, 5) is 27.7. The fourth-order valence-electron chi connectivity index (χ4n) is 4.04. The minimum absolute atomic E-state index is 0.229. The lowest BCUT2D eigenvalue weighted by atomic mass is 9.85. The molecule has 0 saturated heterocycles. The van der Waals surface area contributed by atoms with Gasteiger partial charge in [-0.25, -0.2) is 0 Å². The Bertz CT molecular complexity index is 937. The summed E-state index contributed by atoms with van der Waals surface area (Å²) in [5, 5.41) is 11.3. The summed E-state index contributed by atoms with van der Waals surface area (Å²) >= 11 is 0. The van der Waals surface area contributed by atoms with Crippen molar-refractivity contribution in [3.05, 3.63) is 76.4 Å². The number of carbonyl (C=O) groups is 2. The first-order chi connectivity index (χ1) is 12.6. The topological polar surface area (TPSA) is 57.6 Å². The number of ketones is 1. The first-order valence-corrected chi connectivity index (χ1v) is 9.04. The van der Waals surface area contributed by atoms with Gasteiger partial charge in [-0.05, 0) is 44.9 Å². The Morgan fingerprint density at radius 1 is 1.15 bits per heavy atom. The van der Waals surface area contributed by atoms with Gasteiger partial charge in [-0.2, -0.15) is 0 Å². The maximum Gasteiger partial charge on any atom is 0.264 e. The molecule has 1 heterocycles. The van der Waals surface area contributed by atoms with Gasteiger partial charge in [0.2, 0.25) is 0 Å². The average molecular weight is 363 g/mol. The largest absolute Gasteiger partial charge is 0.375 e. The standard InChI is InChI=1S/C23H25NO3/c1-14(2)13-24-19-9-7-6-8-18(19)23(27,22(24)26)12-20(25)21-16(4)10-15(3)11-17(21)5/h6-11,27H,1,12-13H2,2-5H3/t23-/m1/s1. The van der Waals surface area contributed by atoms with Gasteiger partial charge in [-0.1, -0.05) is 48.0 Å². The van der Waals surface area contributed by atoms with E-state index in [0.717, 1.165) is 22.3 Å². The SMILES string of the molecule is C=C(C)CN1C(=O)[C@@](O)(CC(=O)c2c(C)cc(C)cc2C)c2ccccc21. The molecule has 0 saturated carbocycles. The normalized spacial score (nSPS) is 18.6. The molecule has 3 rings (SSSR count). The lowest BCUT2D eigenvalue weighted by molar-refractivity contribution is -0.135. The van der Waals surface area contributed by atoms with E-state index in [1.807, 2.05) is 45.9 Å². The fraction of sp³-hybridized carbons (Fsp3) is 0.304. The molecule has 0 aromatic heterocycles. The molecular weight excluding hydrogens is 338 g/mol. The molecule has 1 aliphatic heterocycles. The van der Waals surface area contributed by atoms with Gasteiger partial charge in [-0.15, -0.1) is 0 Å². The molecule has 0 aliphatic carbocycles. The molecule has 1 aliphatic rings. The van der Waals surface area contributed by atoms with Gasteiger partial charge >= 0.3 is 0 Å². The maximum absolute atomic E-state index is 13.1. The molecule has 4 heteroatoms. The van der Waals surface area contributed by atoms with E-state index in [-0.39, 0.29) is 12.2 Å². The third-order valence-electron chi connectivity index (χ3n) is 5.04. The number of benzene rings is 2. The van der Waals surface area contributed by atoms with Crippen LogP contribution in [0.1, 0.15) is 46.0 Å². The Kier molecular flexibility index (Phi) is 4.79. The lowest BCUT2D eigenvalue weighted by Gasteiger charge is -2.23. The van der Waals surface area contributed by atoms with Gasteiger partial charge in [0.05, 0.1) is 12.1 Å². The molecule has 27 heavy (non-hydrogen) atoms. The zero-order chi connectivity index (χ0) is 19.9. The minimum atomic E-state index is -1.85. The van der Waals surface area contributed by atoms with Gasteiger partial charge in [0.15, 0.2) is 11.4 Å². The first kappa shape index (κ1) is 19.1. The van der Waals surface area contributed by atoms with Crippen molar-refractivity contribution < 1.29 is 14.7 Å². The quantitative estimate of drug-likeness (QED) is 0.645. The predicted molar refractivity (Wildman–Crippen MR) is 107 cm³/mol. The molecule has 1 N–H and O–H groups in total. The molecule has 2 aromatic carbocycles.